The molecule has 0 bridgehead atoms. The standard InChI is InChI=1S/C30H40O/c1-3-5-23-31-24-28-13-11-26(12-14-28)9-6-7-10-27-17-21-30(22-18-27)29-19-15-25(8-4-2)16-20-29/h3-5,8,11-14,17-18,21-22,25,29H,6-7,9-10,15-16,19-20,23-24H2,1-2H3/b5-3?,8-4+. The van der Waals surface area contributed by atoms with E-state index < -0.39 is 0 Å². The molecule has 1 nitrogen and oxygen atoms in total. The summed E-state index contributed by atoms with van der Waals surface area (Å²) in [6.45, 7) is 5.55. The van der Waals surface area contributed by atoms with Crippen LogP contribution in [0.4, 0.5) is 0 Å². The topological polar surface area (TPSA) is 9.23 Å². The molecular weight excluding hydrogens is 376 g/mol. The predicted molar refractivity (Wildman–Crippen MR) is 134 cm³/mol. The second kappa shape index (κ2) is 13.3. The molecule has 0 aliphatic heterocycles. The monoisotopic (exact) mass is 416 g/mol. The molecule has 1 aliphatic carbocycles. The van der Waals surface area contributed by atoms with Crippen molar-refractivity contribution in [3.8, 4) is 0 Å². The number of hydrogen-bond acceptors (Lipinski definition) is 1. The van der Waals surface area contributed by atoms with Crippen LogP contribution in [0.1, 0.15) is 80.5 Å². The van der Waals surface area contributed by atoms with E-state index in [1.807, 2.05) is 19.1 Å². The number of ether oxygens (including phenoxy) is 1. The van der Waals surface area contributed by atoms with E-state index >= 15 is 0 Å². The molecule has 0 spiro atoms. The van der Waals surface area contributed by atoms with Crippen molar-refractivity contribution < 1.29 is 4.74 Å². The second-order valence-corrected chi connectivity index (χ2v) is 8.99. The Kier molecular flexibility index (Phi) is 10.1. The molecule has 0 radical (unpaired) electrons. The summed E-state index contributed by atoms with van der Waals surface area (Å²) in [6.07, 6.45) is 18.9. The summed E-state index contributed by atoms with van der Waals surface area (Å²) >= 11 is 0. The van der Waals surface area contributed by atoms with Crippen LogP contribution in [-0.2, 0) is 24.2 Å². The van der Waals surface area contributed by atoms with Crippen LogP contribution < -0.4 is 0 Å². The fourth-order valence-electron chi connectivity index (χ4n) is 4.68. The molecule has 0 heterocycles. The van der Waals surface area contributed by atoms with Gasteiger partial charge in [0.05, 0.1) is 13.2 Å². The molecule has 2 aromatic rings. The predicted octanol–water partition coefficient (Wildman–Crippen LogP) is 8.19. The van der Waals surface area contributed by atoms with Crippen LogP contribution in [0, 0.1) is 5.92 Å². The summed E-state index contributed by atoms with van der Waals surface area (Å²) in [7, 11) is 0. The molecule has 3 rings (SSSR count). The summed E-state index contributed by atoms with van der Waals surface area (Å²) in [5.41, 5.74) is 5.72. The average Bonchev–Trinajstić information content (AvgIpc) is 2.82. The number of rotatable bonds is 11. The van der Waals surface area contributed by atoms with Crippen molar-refractivity contribution in [1.29, 1.82) is 0 Å². The third-order valence-electron chi connectivity index (χ3n) is 6.61. The second-order valence-electron chi connectivity index (χ2n) is 8.99. The van der Waals surface area contributed by atoms with Gasteiger partial charge < -0.3 is 4.74 Å². The first kappa shape index (κ1) is 23.5. The van der Waals surface area contributed by atoms with E-state index in [1.54, 1.807) is 5.56 Å². The van der Waals surface area contributed by atoms with E-state index in [-0.39, 0.29) is 0 Å². The Morgan fingerprint density at radius 3 is 1.90 bits per heavy atom. The van der Waals surface area contributed by atoms with Crippen molar-refractivity contribution in [2.24, 2.45) is 5.92 Å². The highest BCUT2D eigenvalue weighted by molar-refractivity contribution is 5.26. The molecular formula is C30H40O. The zero-order valence-electron chi connectivity index (χ0n) is 19.6. The van der Waals surface area contributed by atoms with E-state index in [9.17, 15) is 0 Å². The molecule has 0 N–H and O–H groups in total. The maximum absolute atomic E-state index is 5.62. The van der Waals surface area contributed by atoms with Crippen molar-refractivity contribution in [3.63, 3.8) is 0 Å². The van der Waals surface area contributed by atoms with Gasteiger partial charge in [0.1, 0.15) is 0 Å². The Labute approximate surface area is 190 Å². The molecule has 166 valence electrons. The zero-order valence-corrected chi connectivity index (χ0v) is 19.6. The van der Waals surface area contributed by atoms with Crippen molar-refractivity contribution in [3.05, 3.63) is 95.1 Å². The van der Waals surface area contributed by atoms with Crippen LogP contribution >= 0.6 is 0 Å². The van der Waals surface area contributed by atoms with Crippen molar-refractivity contribution >= 4 is 0 Å². The molecule has 0 atom stereocenters. The van der Waals surface area contributed by atoms with Gasteiger partial charge in [-0.3, -0.25) is 0 Å². The molecule has 31 heavy (non-hydrogen) atoms. The molecule has 0 saturated heterocycles. The van der Waals surface area contributed by atoms with Gasteiger partial charge in [0.2, 0.25) is 0 Å². The normalized spacial score (nSPS) is 19.4. The van der Waals surface area contributed by atoms with E-state index in [0.717, 1.165) is 18.3 Å². The maximum Gasteiger partial charge on any atom is 0.0721 e. The lowest BCUT2D eigenvalue weighted by Crippen LogP contribution is -2.11. The molecule has 0 aromatic heterocycles. The Hall–Kier alpha value is -2.12. The Morgan fingerprint density at radius 2 is 1.32 bits per heavy atom. The Balaban J connectivity index is 1.34. The highest BCUT2D eigenvalue weighted by Crippen LogP contribution is 2.36. The average molecular weight is 417 g/mol. The SMILES string of the molecule is CC=CCOCc1ccc(CCCCc2ccc(C3CCC(/C=C/C)CC3)cc2)cc1. The molecule has 0 unspecified atom stereocenters. The van der Waals surface area contributed by atoms with Gasteiger partial charge in [-0.25, -0.2) is 0 Å². The zero-order chi connectivity index (χ0) is 21.7. The summed E-state index contributed by atoms with van der Waals surface area (Å²) in [5, 5.41) is 0. The highest BCUT2D eigenvalue weighted by atomic mass is 16.5. The fourth-order valence-corrected chi connectivity index (χ4v) is 4.68. The van der Waals surface area contributed by atoms with Crippen molar-refractivity contribution in [2.75, 3.05) is 6.61 Å². The van der Waals surface area contributed by atoms with Crippen LogP contribution in [-0.4, -0.2) is 6.61 Å². The van der Waals surface area contributed by atoms with Crippen LogP contribution in [0.2, 0.25) is 0 Å². The number of benzene rings is 2. The molecule has 1 saturated carbocycles. The van der Waals surface area contributed by atoms with Gasteiger partial charge in [-0.1, -0.05) is 72.8 Å². The third kappa shape index (κ3) is 8.15. The van der Waals surface area contributed by atoms with Gasteiger partial charge in [0, 0.05) is 0 Å². The first-order valence-electron chi connectivity index (χ1n) is 12.3. The summed E-state index contributed by atoms with van der Waals surface area (Å²) in [5.74, 6) is 1.58. The van der Waals surface area contributed by atoms with Gasteiger partial charge in [-0.05, 0) is 99.3 Å². The van der Waals surface area contributed by atoms with Gasteiger partial charge in [-0.15, -0.1) is 0 Å². The van der Waals surface area contributed by atoms with Gasteiger partial charge in [0.25, 0.3) is 0 Å². The van der Waals surface area contributed by atoms with E-state index in [0.29, 0.717) is 13.2 Å². The van der Waals surface area contributed by atoms with Gasteiger partial charge in [0.15, 0.2) is 0 Å². The minimum absolute atomic E-state index is 0.691. The quantitative estimate of drug-likeness (QED) is 0.265. The first-order chi connectivity index (χ1) is 15.3. The minimum Gasteiger partial charge on any atom is -0.373 e. The summed E-state index contributed by atoms with van der Waals surface area (Å²) < 4.78 is 5.62. The number of allylic oxidation sites excluding steroid dienone is 3. The van der Waals surface area contributed by atoms with Gasteiger partial charge >= 0.3 is 0 Å². The number of unbranched alkanes of at least 4 members (excludes halogenated alkanes) is 1. The largest absolute Gasteiger partial charge is 0.373 e. The highest BCUT2D eigenvalue weighted by Gasteiger charge is 2.20. The van der Waals surface area contributed by atoms with Gasteiger partial charge in [-0.2, -0.15) is 0 Å². The van der Waals surface area contributed by atoms with Crippen molar-refractivity contribution in [2.45, 2.75) is 77.7 Å². The van der Waals surface area contributed by atoms with E-state index in [4.69, 9.17) is 4.74 Å². The van der Waals surface area contributed by atoms with Crippen LogP contribution in [0.25, 0.3) is 0 Å². The minimum atomic E-state index is 0.691. The lowest BCUT2D eigenvalue weighted by molar-refractivity contribution is 0.148. The van der Waals surface area contributed by atoms with Crippen LogP contribution in [0.3, 0.4) is 0 Å². The lowest BCUT2D eigenvalue weighted by Gasteiger charge is -2.27. The van der Waals surface area contributed by atoms with Crippen LogP contribution in [0.5, 0.6) is 0 Å². The summed E-state index contributed by atoms with van der Waals surface area (Å²) in [6, 6.07) is 18.5. The van der Waals surface area contributed by atoms with Crippen LogP contribution in [0.15, 0.2) is 72.8 Å². The Bertz CT molecular complexity index is 789. The van der Waals surface area contributed by atoms with E-state index in [2.05, 4.69) is 67.6 Å². The smallest absolute Gasteiger partial charge is 0.0721 e. The molecule has 1 fully saturated rings. The molecule has 1 aliphatic rings. The molecule has 2 aromatic carbocycles. The molecule has 1 heteroatoms. The lowest BCUT2D eigenvalue weighted by atomic mass is 9.78. The maximum atomic E-state index is 5.62. The fraction of sp³-hybridized carbons (Fsp3) is 0.467. The van der Waals surface area contributed by atoms with Crippen molar-refractivity contribution in [1.82, 2.24) is 0 Å². The third-order valence-corrected chi connectivity index (χ3v) is 6.61. The Morgan fingerprint density at radius 1 is 0.742 bits per heavy atom. The number of hydrogen-bond donors (Lipinski definition) is 0. The molecule has 0 amide bonds. The van der Waals surface area contributed by atoms with E-state index in [1.165, 1.54) is 61.6 Å². The number of aryl methyl sites for hydroxylation is 2. The summed E-state index contributed by atoms with van der Waals surface area (Å²) in [4.78, 5) is 0. The first-order valence-corrected chi connectivity index (χ1v) is 12.3.